The van der Waals surface area contributed by atoms with E-state index in [1.165, 1.54) is 18.5 Å². The SMILES string of the molecule is CC(C)[C@H](O)C(=O)NC1CN(C(=O)c2cncc(O)c2)C2(CCOCC2)C1. The van der Waals surface area contributed by atoms with E-state index in [4.69, 9.17) is 4.74 Å². The highest BCUT2D eigenvalue weighted by molar-refractivity contribution is 5.95. The molecule has 3 rings (SSSR count). The number of nitrogens with zero attached hydrogens (tertiary/aromatic N) is 2. The van der Waals surface area contributed by atoms with Crippen LogP contribution in [-0.4, -0.2) is 69.4 Å². The second-order valence-corrected chi connectivity index (χ2v) is 7.78. The number of rotatable bonds is 4. The van der Waals surface area contributed by atoms with Crippen molar-refractivity contribution in [2.45, 2.75) is 50.8 Å². The minimum Gasteiger partial charge on any atom is -0.506 e. The molecule has 3 N–H and O–H groups in total. The monoisotopic (exact) mass is 377 g/mol. The summed E-state index contributed by atoms with van der Waals surface area (Å²) in [6.07, 6.45) is 3.62. The largest absolute Gasteiger partial charge is 0.506 e. The van der Waals surface area contributed by atoms with Gasteiger partial charge in [0.15, 0.2) is 0 Å². The molecule has 1 aromatic heterocycles. The lowest BCUT2D eigenvalue weighted by Crippen LogP contribution is -2.50. The molecule has 8 nitrogen and oxygen atoms in total. The Morgan fingerprint density at radius 3 is 2.67 bits per heavy atom. The molecule has 27 heavy (non-hydrogen) atoms. The van der Waals surface area contributed by atoms with Gasteiger partial charge in [-0.25, -0.2) is 0 Å². The van der Waals surface area contributed by atoms with Crippen LogP contribution in [0.2, 0.25) is 0 Å². The van der Waals surface area contributed by atoms with Crippen molar-refractivity contribution in [2.24, 2.45) is 5.92 Å². The number of pyridine rings is 1. The van der Waals surface area contributed by atoms with E-state index in [1.54, 1.807) is 18.7 Å². The van der Waals surface area contributed by atoms with Crippen molar-refractivity contribution in [3.63, 3.8) is 0 Å². The standard InChI is InChI=1S/C19H27N3O5/c1-12(2)16(24)17(25)21-14-8-19(3-5-27-6-4-19)22(11-14)18(26)13-7-15(23)10-20-9-13/h7,9-10,12,14,16,23-24H,3-6,8,11H2,1-2H3,(H,21,25)/t14?,16-/m0/s1. The van der Waals surface area contributed by atoms with Gasteiger partial charge in [-0.15, -0.1) is 0 Å². The Morgan fingerprint density at radius 2 is 2.04 bits per heavy atom. The summed E-state index contributed by atoms with van der Waals surface area (Å²) >= 11 is 0. The van der Waals surface area contributed by atoms with Gasteiger partial charge in [0.1, 0.15) is 11.9 Å². The zero-order valence-electron chi connectivity index (χ0n) is 15.7. The van der Waals surface area contributed by atoms with Crippen LogP contribution in [0.5, 0.6) is 5.75 Å². The van der Waals surface area contributed by atoms with E-state index in [2.05, 4.69) is 10.3 Å². The molecule has 0 aromatic carbocycles. The number of amides is 2. The highest BCUT2D eigenvalue weighted by Crippen LogP contribution is 2.39. The minimum atomic E-state index is -1.07. The van der Waals surface area contributed by atoms with E-state index in [1.807, 2.05) is 0 Å². The highest BCUT2D eigenvalue weighted by atomic mass is 16.5. The number of carbonyl (C=O) groups is 2. The van der Waals surface area contributed by atoms with Gasteiger partial charge in [0, 0.05) is 37.5 Å². The summed E-state index contributed by atoms with van der Waals surface area (Å²) in [5.74, 6) is -0.877. The number of ether oxygens (including phenoxy) is 1. The molecule has 0 saturated carbocycles. The number of carbonyl (C=O) groups excluding carboxylic acids is 2. The van der Waals surface area contributed by atoms with Gasteiger partial charge in [-0.05, 0) is 31.2 Å². The van der Waals surface area contributed by atoms with Crippen LogP contribution in [0, 0.1) is 5.92 Å². The van der Waals surface area contributed by atoms with Gasteiger partial charge in [-0.1, -0.05) is 13.8 Å². The van der Waals surface area contributed by atoms with Crippen molar-refractivity contribution < 1.29 is 24.5 Å². The lowest BCUT2D eigenvalue weighted by molar-refractivity contribution is -0.132. The molecular weight excluding hydrogens is 350 g/mol. The molecule has 1 aromatic rings. The molecule has 148 valence electrons. The summed E-state index contributed by atoms with van der Waals surface area (Å²) in [5.41, 5.74) is -0.0864. The molecule has 2 atom stereocenters. The van der Waals surface area contributed by atoms with E-state index < -0.39 is 17.6 Å². The van der Waals surface area contributed by atoms with E-state index in [9.17, 15) is 19.8 Å². The maximum Gasteiger partial charge on any atom is 0.256 e. The second kappa shape index (κ2) is 7.82. The fourth-order valence-corrected chi connectivity index (χ4v) is 3.96. The minimum absolute atomic E-state index is 0.0639. The normalized spacial score (nSPS) is 22.8. The fourth-order valence-electron chi connectivity index (χ4n) is 3.96. The third kappa shape index (κ3) is 4.06. The van der Waals surface area contributed by atoms with Crippen LogP contribution in [0.4, 0.5) is 0 Å². The van der Waals surface area contributed by atoms with E-state index in [0.29, 0.717) is 44.6 Å². The molecule has 2 aliphatic rings. The molecule has 0 bridgehead atoms. The molecule has 1 unspecified atom stereocenters. The highest BCUT2D eigenvalue weighted by Gasteiger charge is 2.49. The number of aliphatic hydroxyl groups is 1. The van der Waals surface area contributed by atoms with Crippen molar-refractivity contribution in [1.29, 1.82) is 0 Å². The average molecular weight is 377 g/mol. The number of aliphatic hydroxyl groups excluding tert-OH is 1. The molecular formula is C19H27N3O5. The van der Waals surface area contributed by atoms with E-state index in [0.717, 1.165) is 0 Å². The summed E-state index contributed by atoms with van der Waals surface area (Å²) in [5, 5.41) is 22.5. The predicted octanol–water partition coefficient (Wildman–Crippen LogP) is 0.684. The van der Waals surface area contributed by atoms with Gasteiger partial charge in [0.25, 0.3) is 5.91 Å². The van der Waals surface area contributed by atoms with Gasteiger partial charge in [0.05, 0.1) is 11.8 Å². The van der Waals surface area contributed by atoms with Gasteiger partial charge in [-0.3, -0.25) is 14.6 Å². The summed E-state index contributed by atoms with van der Waals surface area (Å²) in [6.45, 7) is 5.02. The maximum absolute atomic E-state index is 13.1. The molecule has 0 radical (unpaired) electrons. The van der Waals surface area contributed by atoms with Gasteiger partial charge < -0.3 is 25.2 Å². The van der Waals surface area contributed by atoms with Crippen LogP contribution in [0.15, 0.2) is 18.5 Å². The van der Waals surface area contributed by atoms with Crippen molar-refractivity contribution in [3.8, 4) is 5.75 Å². The topological polar surface area (TPSA) is 112 Å². The van der Waals surface area contributed by atoms with Crippen molar-refractivity contribution in [1.82, 2.24) is 15.2 Å². The van der Waals surface area contributed by atoms with Crippen LogP contribution in [0.3, 0.4) is 0 Å². The van der Waals surface area contributed by atoms with Crippen molar-refractivity contribution >= 4 is 11.8 Å². The third-order valence-corrected chi connectivity index (χ3v) is 5.49. The molecule has 2 aliphatic heterocycles. The lowest BCUT2D eigenvalue weighted by Gasteiger charge is -2.41. The number of nitrogens with one attached hydrogen (secondary N) is 1. The van der Waals surface area contributed by atoms with Crippen LogP contribution >= 0.6 is 0 Å². The maximum atomic E-state index is 13.1. The Balaban J connectivity index is 1.80. The third-order valence-electron chi connectivity index (χ3n) is 5.49. The number of likely N-dealkylation sites (tertiary alicyclic amines) is 1. The Bertz CT molecular complexity index is 702. The lowest BCUT2D eigenvalue weighted by atomic mass is 9.86. The fraction of sp³-hybridized carbons (Fsp3) is 0.632. The molecule has 2 amide bonds. The molecule has 1 spiro atoms. The molecule has 2 fully saturated rings. The van der Waals surface area contributed by atoms with Gasteiger partial charge >= 0.3 is 0 Å². The van der Waals surface area contributed by atoms with Gasteiger partial charge in [0.2, 0.25) is 5.91 Å². The number of aromatic hydroxyl groups is 1. The van der Waals surface area contributed by atoms with Crippen LogP contribution in [-0.2, 0) is 9.53 Å². The first-order chi connectivity index (χ1) is 12.8. The van der Waals surface area contributed by atoms with E-state index >= 15 is 0 Å². The first-order valence-corrected chi connectivity index (χ1v) is 9.34. The van der Waals surface area contributed by atoms with E-state index in [-0.39, 0.29) is 23.6 Å². The van der Waals surface area contributed by atoms with Gasteiger partial charge in [-0.2, -0.15) is 0 Å². The van der Waals surface area contributed by atoms with Crippen LogP contribution in [0.25, 0.3) is 0 Å². The molecule has 8 heteroatoms. The number of hydrogen-bond donors (Lipinski definition) is 3. The Kier molecular flexibility index (Phi) is 5.67. The first-order valence-electron chi connectivity index (χ1n) is 9.34. The van der Waals surface area contributed by atoms with Crippen molar-refractivity contribution in [3.05, 3.63) is 24.0 Å². The predicted molar refractivity (Wildman–Crippen MR) is 97.1 cm³/mol. The van der Waals surface area contributed by atoms with Crippen LogP contribution < -0.4 is 5.32 Å². The Morgan fingerprint density at radius 1 is 1.33 bits per heavy atom. The zero-order chi connectivity index (χ0) is 19.6. The smallest absolute Gasteiger partial charge is 0.256 e. The van der Waals surface area contributed by atoms with Crippen molar-refractivity contribution in [2.75, 3.05) is 19.8 Å². The summed E-state index contributed by atoms with van der Waals surface area (Å²) in [4.78, 5) is 31.1. The number of aromatic nitrogens is 1. The molecule has 3 heterocycles. The molecule has 2 saturated heterocycles. The second-order valence-electron chi connectivity index (χ2n) is 7.78. The summed E-state index contributed by atoms with van der Waals surface area (Å²) in [7, 11) is 0. The average Bonchev–Trinajstić information content (AvgIpc) is 2.97. The zero-order valence-corrected chi connectivity index (χ0v) is 15.7. The number of hydrogen-bond acceptors (Lipinski definition) is 6. The Labute approximate surface area is 158 Å². The molecule has 0 aliphatic carbocycles. The quantitative estimate of drug-likeness (QED) is 0.712. The summed E-state index contributed by atoms with van der Waals surface area (Å²) < 4.78 is 5.48. The Hall–Kier alpha value is -2.19. The van der Waals surface area contributed by atoms with Crippen LogP contribution in [0.1, 0.15) is 43.5 Å². The summed E-state index contributed by atoms with van der Waals surface area (Å²) in [6, 6.07) is 1.16. The first kappa shape index (κ1) is 19.6.